The molecular weight excluding hydrogens is 318 g/mol. The van der Waals surface area contributed by atoms with E-state index >= 15 is 0 Å². The van der Waals surface area contributed by atoms with Crippen LogP contribution in [0.1, 0.15) is 9.75 Å². The van der Waals surface area contributed by atoms with Crippen molar-refractivity contribution in [3.05, 3.63) is 54.1 Å². The van der Waals surface area contributed by atoms with Crippen LogP contribution in [0.15, 0.2) is 29.6 Å². The van der Waals surface area contributed by atoms with Crippen molar-refractivity contribution in [3.63, 3.8) is 0 Å². The fraction of sp³-hybridized carbons (Fsp3) is 0.133. The lowest BCUT2D eigenvalue weighted by Gasteiger charge is -1.96. The number of nitrogens with two attached hydrogens (primary N) is 1. The summed E-state index contributed by atoms with van der Waals surface area (Å²) in [6, 6.07) is 5.65. The molecule has 0 radical (unpaired) electrons. The van der Waals surface area contributed by atoms with Crippen LogP contribution in [-0.4, -0.2) is 10.5 Å². The third-order valence-electron chi connectivity index (χ3n) is 2.83. The maximum Gasteiger partial charge on any atom is 0.269 e. The number of aryl methyl sites for hydroxylation is 1. The number of nitriles is 1. The number of carbonyl (C=O) groups excluding carboxylic acids is 1. The first-order valence-corrected chi connectivity index (χ1v) is 7.94. The monoisotopic (exact) mass is 331 g/mol. The van der Waals surface area contributed by atoms with E-state index < -0.39 is 5.91 Å². The number of hydrogen-bond donors (Lipinski definition) is 1. The van der Waals surface area contributed by atoms with Gasteiger partial charge in [-0.15, -0.1) is 29.3 Å². The fourth-order valence-corrected chi connectivity index (χ4v) is 3.87. The smallest absolute Gasteiger partial charge is 0.269 e. The van der Waals surface area contributed by atoms with Crippen LogP contribution < -0.4 is 20.5 Å². The van der Waals surface area contributed by atoms with Gasteiger partial charge in [0, 0.05) is 16.3 Å². The van der Waals surface area contributed by atoms with Gasteiger partial charge in [0.05, 0.1) is 4.53 Å². The van der Waals surface area contributed by atoms with Gasteiger partial charge in [-0.3, -0.25) is 14.2 Å². The molecule has 0 aliphatic heterocycles. The number of carbonyl (C=O) groups is 1. The van der Waals surface area contributed by atoms with E-state index in [1.165, 1.54) is 10.6 Å². The Morgan fingerprint density at radius 3 is 2.73 bits per heavy atom. The third-order valence-corrected chi connectivity index (χ3v) is 4.90. The Balaban J connectivity index is 2.84. The summed E-state index contributed by atoms with van der Waals surface area (Å²) in [5.41, 5.74) is 4.74. The molecule has 0 atom stereocenters. The van der Waals surface area contributed by atoms with Gasteiger partial charge in [0.25, 0.3) is 11.5 Å². The lowest BCUT2D eigenvalue weighted by Crippen LogP contribution is -2.33. The van der Waals surface area contributed by atoms with Gasteiger partial charge in [-0.05, 0) is 25.1 Å². The molecule has 2 aromatic rings. The van der Waals surface area contributed by atoms with Crippen LogP contribution in [0.2, 0.25) is 0 Å². The van der Waals surface area contributed by atoms with Gasteiger partial charge < -0.3 is 5.73 Å². The molecule has 0 spiro atoms. The van der Waals surface area contributed by atoms with E-state index in [1.54, 1.807) is 23.5 Å². The van der Waals surface area contributed by atoms with E-state index in [9.17, 15) is 9.59 Å². The number of allylic oxidation sites excluding steroid dienone is 1. The first kappa shape index (κ1) is 15.9. The molecule has 2 N–H and O–H groups in total. The minimum absolute atomic E-state index is 0.209. The van der Waals surface area contributed by atoms with Gasteiger partial charge in [-0.2, -0.15) is 5.26 Å². The molecule has 2 heterocycles. The molecule has 112 valence electrons. The number of amides is 1. The number of primary amides is 1. The average Bonchev–Trinajstić information content (AvgIpc) is 2.99. The van der Waals surface area contributed by atoms with E-state index in [1.807, 2.05) is 19.1 Å². The van der Waals surface area contributed by atoms with Crippen molar-refractivity contribution < 1.29 is 4.79 Å². The predicted molar refractivity (Wildman–Crippen MR) is 88.9 cm³/mol. The standard InChI is InChI=1S/C15H13N3O2S2/c1-3-6-18-14(20)12(7-10-5-4-9(2)21-10)22-15(18)11(8-16)13(17)19/h3-5,7H,1,6H2,2H3,(H2,17,19)/b12-7+,15-11-. The van der Waals surface area contributed by atoms with E-state index in [0.29, 0.717) is 4.53 Å². The molecule has 0 aliphatic carbocycles. The summed E-state index contributed by atoms with van der Waals surface area (Å²) in [7, 11) is 0. The highest BCUT2D eigenvalue weighted by molar-refractivity contribution is 7.13. The summed E-state index contributed by atoms with van der Waals surface area (Å²) >= 11 is 2.64. The van der Waals surface area contributed by atoms with Crippen LogP contribution >= 0.6 is 22.7 Å². The molecule has 1 amide bonds. The van der Waals surface area contributed by atoms with Gasteiger partial charge >= 0.3 is 0 Å². The quantitative estimate of drug-likeness (QED) is 0.825. The largest absolute Gasteiger partial charge is 0.365 e. The van der Waals surface area contributed by atoms with Gasteiger partial charge in [-0.25, -0.2) is 0 Å². The summed E-state index contributed by atoms with van der Waals surface area (Å²) < 4.78 is 2.06. The molecule has 0 aliphatic rings. The molecule has 0 bridgehead atoms. The fourth-order valence-electron chi connectivity index (χ4n) is 1.87. The lowest BCUT2D eigenvalue weighted by atomic mass is 10.3. The minimum atomic E-state index is -0.847. The number of thiazole rings is 1. The molecule has 22 heavy (non-hydrogen) atoms. The Labute approximate surface area is 134 Å². The summed E-state index contributed by atoms with van der Waals surface area (Å²) in [4.78, 5) is 25.9. The predicted octanol–water partition coefficient (Wildman–Crippen LogP) is 0.454. The summed E-state index contributed by atoms with van der Waals surface area (Å²) in [6.07, 6.45) is 3.29. The van der Waals surface area contributed by atoms with E-state index in [-0.39, 0.29) is 22.3 Å². The molecule has 0 aromatic carbocycles. The van der Waals surface area contributed by atoms with Crippen molar-refractivity contribution in [3.8, 4) is 6.07 Å². The Morgan fingerprint density at radius 1 is 1.50 bits per heavy atom. The van der Waals surface area contributed by atoms with Crippen LogP contribution in [0.3, 0.4) is 0 Å². The maximum atomic E-state index is 12.5. The number of hydrogen-bond acceptors (Lipinski definition) is 5. The van der Waals surface area contributed by atoms with Crippen LogP contribution in [0.4, 0.5) is 0 Å². The zero-order valence-corrected chi connectivity index (χ0v) is 13.5. The highest BCUT2D eigenvalue weighted by Crippen LogP contribution is 2.15. The molecule has 0 saturated heterocycles. The summed E-state index contributed by atoms with van der Waals surface area (Å²) in [5, 5.41) is 9.11. The van der Waals surface area contributed by atoms with Crippen LogP contribution in [0, 0.1) is 18.3 Å². The van der Waals surface area contributed by atoms with Gasteiger partial charge in [0.2, 0.25) is 0 Å². The second-order valence-corrected chi connectivity index (χ2v) is 6.77. The first-order chi connectivity index (χ1) is 10.5. The van der Waals surface area contributed by atoms with Crippen LogP contribution in [-0.2, 0) is 11.3 Å². The molecule has 0 fully saturated rings. The SMILES string of the molecule is C=CCn1c(=O)/c(=C\c2ccc(C)s2)s/c1=C(/C#N)C(N)=O. The number of thiophene rings is 1. The molecule has 0 unspecified atom stereocenters. The number of rotatable bonds is 4. The molecule has 5 nitrogen and oxygen atoms in total. The first-order valence-electron chi connectivity index (χ1n) is 6.30. The van der Waals surface area contributed by atoms with Gasteiger partial charge in [-0.1, -0.05) is 6.08 Å². The summed E-state index contributed by atoms with van der Waals surface area (Å²) in [6.45, 7) is 5.78. The zero-order valence-electron chi connectivity index (χ0n) is 11.8. The van der Waals surface area contributed by atoms with Crippen LogP contribution in [0.5, 0.6) is 0 Å². The Hall–Kier alpha value is -2.43. The third kappa shape index (κ3) is 3.08. The van der Waals surface area contributed by atoms with Crippen molar-refractivity contribution in [2.45, 2.75) is 13.5 Å². The molecule has 0 saturated carbocycles. The maximum absolute atomic E-state index is 12.5. The second kappa shape index (κ2) is 6.56. The van der Waals surface area contributed by atoms with Crippen molar-refractivity contribution in [1.29, 1.82) is 5.26 Å². The Bertz CT molecular complexity index is 954. The van der Waals surface area contributed by atoms with Crippen molar-refractivity contribution in [2.24, 2.45) is 5.73 Å². The minimum Gasteiger partial charge on any atom is -0.365 e. The molecule has 2 rings (SSSR count). The summed E-state index contributed by atoms with van der Waals surface area (Å²) in [5.74, 6) is -0.847. The number of aromatic nitrogens is 1. The molecule has 7 heteroatoms. The van der Waals surface area contributed by atoms with Crippen molar-refractivity contribution in [2.75, 3.05) is 0 Å². The van der Waals surface area contributed by atoms with Crippen molar-refractivity contribution in [1.82, 2.24) is 4.57 Å². The van der Waals surface area contributed by atoms with E-state index in [0.717, 1.165) is 21.1 Å². The highest BCUT2D eigenvalue weighted by Gasteiger charge is 2.12. The normalized spacial score (nSPS) is 12.8. The molecular formula is C15H13N3O2S2. The average molecular weight is 331 g/mol. The van der Waals surface area contributed by atoms with Gasteiger partial charge in [0.1, 0.15) is 10.7 Å². The number of nitrogens with zero attached hydrogens (tertiary/aromatic N) is 2. The van der Waals surface area contributed by atoms with E-state index in [4.69, 9.17) is 11.0 Å². The Morgan fingerprint density at radius 2 is 2.23 bits per heavy atom. The second-order valence-electron chi connectivity index (χ2n) is 4.42. The Kier molecular flexibility index (Phi) is 4.75. The van der Waals surface area contributed by atoms with Crippen molar-refractivity contribution >= 4 is 40.2 Å². The highest BCUT2D eigenvalue weighted by atomic mass is 32.1. The van der Waals surface area contributed by atoms with Crippen LogP contribution in [0.25, 0.3) is 11.6 Å². The lowest BCUT2D eigenvalue weighted by molar-refractivity contribution is -0.112. The van der Waals surface area contributed by atoms with Gasteiger partial charge in [0.15, 0.2) is 5.57 Å². The topological polar surface area (TPSA) is 88.9 Å². The van der Waals surface area contributed by atoms with E-state index in [2.05, 4.69) is 6.58 Å². The zero-order chi connectivity index (χ0) is 16.3. The molecule has 2 aromatic heterocycles.